The Labute approximate surface area is 86.6 Å². The van der Waals surface area contributed by atoms with E-state index >= 15 is 0 Å². The van der Waals surface area contributed by atoms with Crippen molar-refractivity contribution in [2.75, 3.05) is 13.7 Å². The van der Waals surface area contributed by atoms with Crippen LogP contribution in [-0.2, 0) is 4.74 Å². The van der Waals surface area contributed by atoms with Gasteiger partial charge in [0.05, 0.1) is 7.11 Å². The molecule has 0 radical (unpaired) electrons. The second-order valence-corrected chi connectivity index (χ2v) is 3.79. The summed E-state index contributed by atoms with van der Waals surface area (Å²) in [5.74, 6) is 2.44. The van der Waals surface area contributed by atoms with E-state index in [1.807, 2.05) is 6.92 Å². The van der Waals surface area contributed by atoms with Crippen LogP contribution in [0.1, 0.15) is 14.5 Å². The molecule has 1 heterocycles. The molecule has 1 rings (SSSR count). The summed E-state index contributed by atoms with van der Waals surface area (Å²) in [5.41, 5.74) is 0. The molecule has 0 aliphatic heterocycles. The Bertz CT molecular complexity index is 373. The minimum atomic E-state index is -0.393. The maximum absolute atomic E-state index is 11.3. The van der Waals surface area contributed by atoms with Gasteiger partial charge in [0.15, 0.2) is 4.88 Å². The van der Waals surface area contributed by atoms with Gasteiger partial charge in [-0.3, -0.25) is 0 Å². The smallest absolute Gasteiger partial charge is 0.351 e. The zero-order valence-electron chi connectivity index (χ0n) is 7.99. The first-order valence-corrected chi connectivity index (χ1v) is 4.75. The van der Waals surface area contributed by atoms with Crippen LogP contribution in [0.4, 0.5) is 0 Å². The van der Waals surface area contributed by atoms with E-state index in [9.17, 15) is 4.79 Å². The first kappa shape index (κ1) is 10.6. The monoisotopic (exact) mass is 210 g/mol. The predicted octanol–water partition coefficient (Wildman–Crippen LogP) is 1.86. The van der Waals surface area contributed by atoms with Crippen molar-refractivity contribution in [1.29, 1.82) is 0 Å². The molecule has 0 spiro atoms. The van der Waals surface area contributed by atoms with Crippen molar-refractivity contribution < 1.29 is 14.3 Å². The van der Waals surface area contributed by atoms with Gasteiger partial charge in [0.2, 0.25) is 0 Å². The molecular formula is C10H10O3S. The summed E-state index contributed by atoms with van der Waals surface area (Å²) in [6, 6.07) is 1.77. The molecule has 0 atom stereocenters. The molecule has 0 saturated heterocycles. The van der Waals surface area contributed by atoms with Crippen molar-refractivity contribution in [1.82, 2.24) is 0 Å². The van der Waals surface area contributed by atoms with E-state index in [1.54, 1.807) is 6.07 Å². The lowest BCUT2D eigenvalue weighted by molar-refractivity contribution is 0.0602. The Morgan fingerprint density at radius 3 is 3.00 bits per heavy atom. The lowest BCUT2D eigenvalue weighted by Crippen LogP contribution is -2.02. The van der Waals surface area contributed by atoms with Crippen molar-refractivity contribution in [3.8, 4) is 18.1 Å². The molecule has 0 aliphatic rings. The molecule has 0 aromatic carbocycles. The number of esters is 1. The van der Waals surface area contributed by atoms with Crippen molar-refractivity contribution in [3.63, 3.8) is 0 Å². The highest BCUT2D eigenvalue weighted by atomic mass is 32.1. The molecule has 0 aliphatic carbocycles. The first-order chi connectivity index (χ1) is 6.69. The van der Waals surface area contributed by atoms with E-state index in [-0.39, 0.29) is 6.61 Å². The second kappa shape index (κ2) is 4.68. The number of thiophene rings is 1. The van der Waals surface area contributed by atoms with Crippen LogP contribution in [0.15, 0.2) is 6.07 Å². The molecule has 74 valence electrons. The van der Waals surface area contributed by atoms with Crippen LogP contribution in [0, 0.1) is 19.3 Å². The molecule has 0 fully saturated rings. The van der Waals surface area contributed by atoms with E-state index in [0.29, 0.717) is 10.6 Å². The number of terminal acetylenes is 1. The van der Waals surface area contributed by atoms with Crippen molar-refractivity contribution in [3.05, 3.63) is 15.8 Å². The van der Waals surface area contributed by atoms with Crippen molar-refractivity contribution >= 4 is 17.3 Å². The Balaban J connectivity index is 2.92. The van der Waals surface area contributed by atoms with Gasteiger partial charge < -0.3 is 9.47 Å². The minimum Gasteiger partial charge on any atom is -0.479 e. The largest absolute Gasteiger partial charge is 0.479 e. The van der Waals surface area contributed by atoms with E-state index in [4.69, 9.17) is 11.2 Å². The molecule has 0 unspecified atom stereocenters. The van der Waals surface area contributed by atoms with Gasteiger partial charge in [-0.15, -0.1) is 17.8 Å². The van der Waals surface area contributed by atoms with Gasteiger partial charge in [-0.1, -0.05) is 5.92 Å². The fraction of sp³-hybridized carbons (Fsp3) is 0.300. The molecular weight excluding hydrogens is 200 g/mol. The zero-order chi connectivity index (χ0) is 10.6. The Hall–Kier alpha value is -1.47. The average Bonchev–Trinajstić information content (AvgIpc) is 2.55. The van der Waals surface area contributed by atoms with Crippen LogP contribution in [0.3, 0.4) is 0 Å². The van der Waals surface area contributed by atoms with Crippen LogP contribution < -0.4 is 4.74 Å². The van der Waals surface area contributed by atoms with Crippen LogP contribution in [-0.4, -0.2) is 19.7 Å². The summed E-state index contributed by atoms with van der Waals surface area (Å²) in [5, 5.41) is 0. The summed E-state index contributed by atoms with van der Waals surface area (Å²) in [6.07, 6.45) is 5.05. The van der Waals surface area contributed by atoms with Gasteiger partial charge in [-0.2, -0.15) is 0 Å². The zero-order valence-corrected chi connectivity index (χ0v) is 8.81. The van der Waals surface area contributed by atoms with Crippen LogP contribution in [0.25, 0.3) is 0 Å². The third-order valence-electron chi connectivity index (χ3n) is 1.50. The molecule has 0 saturated carbocycles. The third kappa shape index (κ3) is 2.27. The molecule has 0 N–H and O–H groups in total. The second-order valence-electron chi connectivity index (χ2n) is 2.53. The van der Waals surface area contributed by atoms with Crippen LogP contribution in [0.5, 0.6) is 5.75 Å². The van der Waals surface area contributed by atoms with Gasteiger partial charge in [0.1, 0.15) is 12.4 Å². The minimum absolute atomic E-state index is 0.153. The number of hydrogen-bond donors (Lipinski definition) is 0. The predicted molar refractivity (Wildman–Crippen MR) is 54.7 cm³/mol. The molecule has 0 amide bonds. The number of hydrogen-bond acceptors (Lipinski definition) is 4. The van der Waals surface area contributed by atoms with Crippen LogP contribution >= 0.6 is 11.3 Å². The summed E-state index contributed by atoms with van der Waals surface area (Å²) in [4.78, 5) is 12.7. The molecule has 14 heavy (non-hydrogen) atoms. The summed E-state index contributed by atoms with van der Waals surface area (Å²) >= 11 is 1.33. The fourth-order valence-corrected chi connectivity index (χ4v) is 1.83. The average molecular weight is 210 g/mol. The number of carbonyl (C=O) groups is 1. The normalized spacial score (nSPS) is 9.21. The Morgan fingerprint density at radius 2 is 2.43 bits per heavy atom. The van der Waals surface area contributed by atoms with Crippen LogP contribution in [0.2, 0.25) is 0 Å². The van der Waals surface area contributed by atoms with Gasteiger partial charge >= 0.3 is 5.97 Å². The SMILES string of the molecule is C#CCOc1cc(C)sc1C(=O)OC. The number of ether oxygens (including phenoxy) is 2. The lowest BCUT2D eigenvalue weighted by atomic mass is 10.4. The molecule has 4 heteroatoms. The van der Waals surface area contributed by atoms with Gasteiger partial charge in [-0.25, -0.2) is 4.79 Å². The Kier molecular flexibility index (Phi) is 3.55. The van der Waals surface area contributed by atoms with Gasteiger partial charge in [-0.05, 0) is 13.0 Å². The van der Waals surface area contributed by atoms with Gasteiger partial charge in [0.25, 0.3) is 0 Å². The Morgan fingerprint density at radius 1 is 1.71 bits per heavy atom. The first-order valence-electron chi connectivity index (χ1n) is 3.94. The maximum Gasteiger partial charge on any atom is 0.351 e. The highest BCUT2D eigenvalue weighted by Crippen LogP contribution is 2.29. The van der Waals surface area contributed by atoms with Gasteiger partial charge in [0, 0.05) is 4.88 Å². The summed E-state index contributed by atoms with van der Waals surface area (Å²) in [6.45, 7) is 2.04. The van der Waals surface area contributed by atoms with E-state index in [0.717, 1.165) is 4.88 Å². The topological polar surface area (TPSA) is 35.5 Å². The highest BCUT2D eigenvalue weighted by Gasteiger charge is 2.16. The summed E-state index contributed by atoms with van der Waals surface area (Å²) < 4.78 is 9.81. The number of aryl methyl sites for hydroxylation is 1. The number of methoxy groups -OCH3 is 1. The number of rotatable bonds is 3. The standard InChI is InChI=1S/C10H10O3S/c1-4-5-13-8-6-7(2)14-9(8)10(11)12-3/h1,6H,5H2,2-3H3. The molecule has 1 aromatic heterocycles. The molecule has 1 aromatic rings. The van der Waals surface area contributed by atoms with E-state index in [2.05, 4.69) is 10.7 Å². The third-order valence-corrected chi connectivity index (χ3v) is 2.51. The maximum atomic E-state index is 11.3. The number of carbonyl (C=O) groups excluding carboxylic acids is 1. The van der Waals surface area contributed by atoms with Crippen molar-refractivity contribution in [2.45, 2.75) is 6.92 Å². The fourth-order valence-electron chi connectivity index (χ4n) is 0.952. The van der Waals surface area contributed by atoms with E-state index in [1.165, 1.54) is 18.4 Å². The van der Waals surface area contributed by atoms with Crippen molar-refractivity contribution in [2.24, 2.45) is 0 Å². The quantitative estimate of drug-likeness (QED) is 0.564. The van der Waals surface area contributed by atoms with E-state index < -0.39 is 5.97 Å². The lowest BCUT2D eigenvalue weighted by Gasteiger charge is -2.01. The summed E-state index contributed by atoms with van der Waals surface area (Å²) in [7, 11) is 1.34. The highest BCUT2D eigenvalue weighted by molar-refractivity contribution is 7.14. The molecule has 3 nitrogen and oxygen atoms in total. The molecule has 0 bridgehead atoms.